The quantitative estimate of drug-likeness (QED) is 0.637. The molecular formula is C20H26Cl2N2O3S2. The summed E-state index contributed by atoms with van der Waals surface area (Å²) in [6.45, 7) is 1.53. The largest absolute Gasteiger partial charge is 0.327 e. The van der Waals surface area contributed by atoms with Gasteiger partial charge in [0.1, 0.15) is 4.90 Å². The van der Waals surface area contributed by atoms with E-state index in [4.69, 9.17) is 23.2 Å². The summed E-state index contributed by atoms with van der Waals surface area (Å²) in [7, 11) is -3.72. The third kappa shape index (κ3) is 4.18. The van der Waals surface area contributed by atoms with Gasteiger partial charge in [-0.3, -0.25) is 4.79 Å². The average molecular weight is 477 g/mol. The molecule has 1 aliphatic carbocycles. The molecule has 0 atom stereocenters. The second kappa shape index (κ2) is 8.58. The molecule has 5 nitrogen and oxygen atoms in total. The van der Waals surface area contributed by atoms with E-state index in [1.165, 1.54) is 22.9 Å². The van der Waals surface area contributed by atoms with Crippen LogP contribution in [0.5, 0.6) is 0 Å². The smallest absolute Gasteiger partial charge is 0.244 e. The fourth-order valence-electron chi connectivity index (χ4n) is 4.79. The van der Waals surface area contributed by atoms with Crippen LogP contribution >= 0.6 is 35.0 Å². The molecule has 1 spiro atoms. The number of halogens is 2. The van der Waals surface area contributed by atoms with Gasteiger partial charge in [-0.15, -0.1) is 11.8 Å². The van der Waals surface area contributed by atoms with Crippen LogP contribution in [0.25, 0.3) is 0 Å². The molecule has 1 aromatic rings. The molecule has 0 bridgehead atoms. The number of hydrogen-bond donors (Lipinski definition) is 0. The van der Waals surface area contributed by atoms with Crippen molar-refractivity contribution in [2.24, 2.45) is 5.92 Å². The van der Waals surface area contributed by atoms with E-state index in [1.807, 2.05) is 11.8 Å². The number of carbonyl (C=O) groups excluding carboxylic acids is 1. The van der Waals surface area contributed by atoms with Crippen LogP contribution in [0.2, 0.25) is 10.0 Å². The fraction of sp³-hybridized carbons (Fsp3) is 0.650. The maximum atomic E-state index is 13.2. The predicted octanol–water partition coefficient (Wildman–Crippen LogP) is 4.63. The Morgan fingerprint density at radius 2 is 1.76 bits per heavy atom. The monoisotopic (exact) mass is 476 g/mol. The van der Waals surface area contributed by atoms with Crippen LogP contribution in [-0.4, -0.2) is 53.8 Å². The van der Waals surface area contributed by atoms with Crippen molar-refractivity contribution in [2.75, 3.05) is 25.4 Å². The van der Waals surface area contributed by atoms with Crippen molar-refractivity contribution in [3.8, 4) is 0 Å². The predicted molar refractivity (Wildman–Crippen MR) is 118 cm³/mol. The molecule has 0 N–H and O–H groups in total. The van der Waals surface area contributed by atoms with Gasteiger partial charge in [-0.2, -0.15) is 4.31 Å². The van der Waals surface area contributed by atoms with E-state index in [0.29, 0.717) is 31.0 Å². The Labute approximate surface area is 187 Å². The number of hydrogen-bond acceptors (Lipinski definition) is 4. The summed E-state index contributed by atoms with van der Waals surface area (Å²) in [6.07, 6.45) is 6.77. The van der Waals surface area contributed by atoms with E-state index in [1.54, 1.807) is 6.07 Å². The molecule has 2 heterocycles. The van der Waals surface area contributed by atoms with Gasteiger partial charge in [-0.25, -0.2) is 8.42 Å². The number of piperidine rings is 1. The van der Waals surface area contributed by atoms with Crippen molar-refractivity contribution >= 4 is 50.9 Å². The minimum absolute atomic E-state index is 0.0526. The van der Waals surface area contributed by atoms with Crippen molar-refractivity contribution in [3.05, 3.63) is 28.2 Å². The molecule has 0 radical (unpaired) electrons. The molecule has 9 heteroatoms. The molecule has 0 unspecified atom stereocenters. The Morgan fingerprint density at radius 1 is 1.07 bits per heavy atom. The Kier molecular flexibility index (Phi) is 6.43. The molecule has 1 aromatic carbocycles. The van der Waals surface area contributed by atoms with Crippen LogP contribution in [0, 0.1) is 5.92 Å². The molecule has 1 amide bonds. The van der Waals surface area contributed by atoms with Crippen LogP contribution in [0.3, 0.4) is 0 Å². The molecule has 3 aliphatic rings. The minimum Gasteiger partial charge on any atom is -0.327 e. The molecule has 160 valence electrons. The maximum Gasteiger partial charge on any atom is 0.244 e. The fourth-order valence-corrected chi connectivity index (χ4v) is 8.43. The third-order valence-electron chi connectivity index (χ3n) is 6.41. The standard InChI is InChI=1S/C20H26Cl2N2O3S2/c21-16-6-7-17(22)18(14-16)29(26,27)23-10-8-20(9-11-23)24(12-13-28-20)19(25)15-4-2-1-3-5-15/h6-7,14-15H,1-5,8-13H2. The van der Waals surface area contributed by atoms with E-state index in [2.05, 4.69) is 4.90 Å². The van der Waals surface area contributed by atoms with Crippen molar-refractivity contribution in [1.82, 2.24) is 9.21 Å². The molecule has 2 aliphatic heterocycles. The van der Waals surface area contributed by atoms with Gasteiger partial charge in [-0.1, -0.05) is 42.5 Å². The Balaban J connectivity index is 1.49. The molecule has 2 saturated heterocycles. The number of carbonyl (C=O) groups is 1. The summed E-state index contributed by atoms with van der Waals surface area (Å²) in [5, 5.41) is 0.524. The van der Waals surface area contributed by atoms with Crippen LogP contribution in [-0.2, 0) is 14.8 Å². The average Bonchev–Trinajstić information content (AvgIpc) is 3.13. The van der Waals surface area contributed by atoms with E-state index in [9.17, 15) is 13.2 Å². The number of thioether (sulfide) groups is 1. The van der Waals surface area contributed by atoms with Crippen molar-refractivity contribution < 1.29 is 13.2 Å². The number of amides is 1. The van der Waals surface area contributed by atoms with Gasteiger partial charge in [0.25, 0.3) is 0 Å². The zero-order valence-electron chi connectivity index (χ0n) is 16.3. The zero-order valence-corrected chi connectivity index (χ0v) is 19.4. The minimum atomic E-state index is -3.72. The lowest BCUT2D eigenvalue weighted by Gasteiger charge is -2.44. The first kappa shape index (κ1) is 21.8. The molecule has 29 heavy (non-hydrogen) atoms. The van der Waals surface area contributed by atoms with Crippen LogP contribution in [0.4, 0.5) is 0 Å². The van der Waals surface area contributed by atoms with E-state index < -0.39 is 10.0 Å². The summed E-state index contributed by atoms with van der Waals surface area (Å²) in [4.78, 5) is 15.1. The Hall–Kier alpha value is -0.470. The molecule has 3 fully saturated rings. The second-order valence-electron chi connectivity index (χ2n) is 8.10. The molecule has 1 saturated carbocycles. The number of sulfonamides is 1. The number of benzene rings is 1. The van der Waals surface area contributed by atoms with Gasteiger partial charge in [0, 0.05) is 36.3 Å². The first-order valence-electron chi connectivity index (χ1n) is 10.2. The third-order valence-corrected chi connectivity index (χ3v) is 10.6. The van der Waals surface area contributed by atoms with Gasteiger partial charge in [0.05, 0.1) is 9.89 Å². The molecule has 4 rings (SSSR count). The van der Waals surface area contributed by atoms with Crippen LogP contribution in [0.15, 0.2) is 23.1 Å². The van der Waals surface area contributed by atoms with E-state index in [0.717, 1.165) is 38.0 Å². The van der Waals surface area contributed by atoms with E-state index >= 15 is 0 Å². The first-order chi connectivity index (χ1) is 13.8. The lowest BCUT2D eigenvalue weighted by Crippen LogP contribution is -2.54. The Bertz CT molecular complexity index is 880. The van der Waals surface area contributed by atoms with Gasteiger partial charge >= 0.3 is 0 Å². The summed E-state index contributed by atoms with van der Waals surface area (Å²) in [5.41, 5.74) is 0. The zero-order chi connectivity index (χ0) is 20.6. The SMILES string of the molecule is O=C(C1CCCCC1)N1CCSC12CCN(S(=O)(=O)c1cc(Cl)ccc1Cl)CC2. The summed E-state index contributed by atoms with van der Waals surface area (Å²) < 4.78 is 27.7. The van der Waals surface area contributed by atoms with Gasteiger partial charge < -0.3 is 4.90 Å². The van der Waals surface area contributed by atoms with Gasteiger partial charge in [-0.05, 0) is 43.9 Å². The lowest BCUT2D eigenvalue weighted by molar-refractivity contribution is -0.140. The second-order valence-corrected chi connectivity index (χ2v) is 12.3. The normalized spacial score (nSPS) is 23.6. The first-order valence-corrected chi connectivity index (χ1v) is 13.4. The lowest BCUT2D eigenvalue weighted by atomic mass is 9.87. The van der Waals surface area contributed by atoms with E-state index in [-0.39, 0.29) is 26.6 Å². The van der Waals surface area contributed by atoms with Crippen molar-refractivity contribution in [1.29, 1.82) is 0 Å². The summed E-state index contributed by atoms with van der Waals surface area (Å²) in [6, 6.07) is 4.50. The highest BCUT2D eigenvalue weighted by atomic mass is 35.5. The maximum absolute atomic E-state index is 13.2. The van der Waals surface area contributed by atoms with Gasteiger partial charge in [0.2, 0.25) is 15.9 Å². The van der Waals surface area contributed by atoms with Crippen molar-refractivity contribution in [2.45, 2.75) is 54.7 Å². The topological polar surface area (TPSA) is 57.7 Å². The van der Waals surface area contributed by atoms with Crippen molar-refractivity contribution in [3.63, 3.8) is 0 Å². The molecule has 0 aromatic heterocycles. The van der Waals surface area contributed by atoms with Gasteiger partial charge in [0.15, 0.2) is 0 Å². The highest BCUT2D eigenvalue weighted by Gasteiger charge is 2.49. The highest BCUT2D eigenvalue weighted by Crippen LogP contribution is 2.46. The summed E-state index contributed by atoms with van der Waals surface area (Å²) in [5.74, 6) is 1.35. The number of rotatable bonds is 3. The summed E-state index contributed by atoms with van der Waals surface area (Å²) >= 11 is 14.0. The molecular weight excluding hydrogens is 451 g/mol. The highest BCUT2D eigenvalue weighted by molar-refractivity contribution is 8.00. The number of nitrogens with zero attached hydrogens (tertiary/aromatic N) is 2. The van der Waals surface area contributed by atoms with Crippen LogP contribution in [0.1, 0.15) is 44.9 Å². The van der Waals surface area contributed by atoms with Crippen LogP contribution < -0.4 is 0 Å². The Morgan fingerprint density at radius 3 is 2.45 bits per heavy atom.